The standard InChI is InChI=1S/C22H19BrN4O4/c1-30-19-9-6-14(11-20(19)31-2)21(28)26-18-8-7-15(23)12-17(18)22(29)27-25-13-16-5-3-4-10-24-16/h3-13H,1-2H3,(H,26,28)(H,27,29)/b25-13+. The first-order chi connectivity index (χ1) is 15.0. The molecule has 158 valence electrons. The second-order valence-electron chi connectivity index (χ2n) is 6.17. The van der Waals surface area contributed by atoms with Crippen LogP contribution in [0.1, 0.15) is 26.4 Å². The van der Waals surface area contributed by atoms with E-state index < -0.39 is 11.8 Å². The summed E-state index contributed by atoms with van der Waals surface area (Å²) < 4.78 is 11.1. The Morgan fingerprint density at radius 1 is 1.00 bits per heavy atom. The maximum Gasteiger partial charge on any atom is 0.273 e. The highest BCUT2D eigenvalue weighted by Crippen LogP contribution is 2.28. The molecule has 0 saturated heterocycles. The third-order valence-electron chi connectivity index (χ3n) is 4.17. The molecule has 0 bridgehead atoms. The van der Waals surface area contributed by atoms with Gasteiger partial charge in [0, 0.05) is 16.2 Å². The molecule has 0 aliphatic carbocycles. The van der Waals surface area contributed by atoms with Gasteiger partial charge in [-0.1, -0.05) is 22.0 Å². The molecule has 0 radical (unpaired) electrons. The molecule has 8 nitrogen and oxygen atoms in total. The molecule has 3 aromatic rings. The van der Waals surface area contributed by atoms with E-state index in [4.69, 9.17) is 9.47 Å². The van der Waals surface area contributed by atoms with Gasteiger partial charge in [0.05, 0.1) is 37.4 Å². The number of nitrogens with zero attached hydrogens (tertiary/aromatic N) is 2. The van der Waals surface area contributed by atoms with Crippen LogP contribution in [0.4, 0.5) is 5.69 Å². The van der Waals surface area contributed by atoms with Crippen molar-refractivity contribution >= 4 is 39.6 Å². The van der Waals surface area contributed by atoms with Gasteiger partial charge in [0.1, 0.15) is 0 Å². The van der Waals surface area contributed by atoms with Gasteiger partial charge in [-0.3, -0.25) is 14.6 Å². The Labute approximate surface area is 187 Å². The van der Waals surface area contributed by atoms with Crippen LogP contribution < -0.4 is 20.2 Å². The average molecular weight is 483 g/mol. The van der Waals surface area contributed by atoms with Crippen LogP contribution in [0.3, 0.4) is 0 Å². The molecule has 0 aliphatic heterocycles. The monoisotopic (exact) mass is 482 g/mol. The summed E-state index contributed by atoms with van der Waals surface area (Å²) in [5.74, 6) is 0.0340. The van der Waals surface area contributed by atoms with Crippen molar-refractivity contribution in [3.8, 4) is 11.5 Å². The largest absolute Gasteiger partial charge is 0.493 e. The van der Waals surface area contributed by atoms with E-state index in [1.54, 1.807) is 54.7 Å². The number of pyridine rings is 1. The van der Waals surface area contributed by atoms with Gasteiger partial charge in [-0.15, -0.1) is 0 Å². The summed E-state index contributed by atoms with van der Waals surface area (Å²) in [4.78, 5) is 29.5. The Kier molecular flexibility index (Phi) is 7.34. The van der Waals surface area contributed by atoms with Gasteiger partial charge in [-0.05, 0) is 48.5 Å². The first-order valence-electron chi connectivity index (χ1n) is 9.09. The molecule has 0 saturated carbocycles. The molecule has 3 rings (SSSR count). The number of anilines is 1. The van der Waals surface area contributed by atoms with Crippen LogP contribution in [0.2, 0.25) is 0 Å². The van der Waals surface area contributed by atoms with Crippen molar-refractivity contribution in [2.75, 3.05) is 19.5 Å². The number of methoxy groups -OCH3 is 2. The minimum atomic E-state index is -0.490. The summed E-state index contributed by atoms with van der Waals surface area (Å²) in [5.41, 5.74) is 3.95. The van der Waals surface area contributed by atoms with Gasteiger partial charge in [-0.25, -0.2) is 5.43 Å². The van der Waals surface area contributed by atoms with E-state index >= 15 is 0 Å². The molecule has 2 aromatic carbocycles. The van der Waals surface area contributed by atoms with Crippen LogP contribution in [0.5, 0.6) is 11.5 Å². The molecule has 0 aliphatic rings. The Morgan fingerprint density at radius 2 is 1.81 bits per heavy atom. The number of aromatic nitrogens is 1. The van der Waals surface area contributed by atoms with Crippen molar-refractivity contribution in [3.63, 3.8) is 0 Å². The zero-order valence-corrected chi connectivity index (χ0v) is 18.3. The molecule has 0 atom stereocenters. The SMILES string of the molecule is COc1ccc(C(=O)Nc2ccc(Br)cc2C(=O)N/N=C/c2ccccn2)cc1OC. The molecule has 9 heteroatoms. The Bertz CT molecular complexity index is 1120. The topological polar surface area (TPSA) is 102 Å². The number of hydrogen-bond donors (Lipinski definition) is 2. The second kappa shape index (κ2) is 10.4. The van der Waals surface area contributed by atoms with Crippen LogP contribution in [0, 0.1) is 0 Å². The van der Waals surface area contributed by atoms with E-state index in [2.05, 4.69) is 36.8 Å². The van der Waals surface area contributed by atoms with E-state index in [0.29, 0.717) is 32.9 Å². The van der Waals surface area contributed by atoms with Crippen LogP contribution in [0.15, 0.2) is 70.4 Å². The van der Waals surface area contributed by atoms with Crippen molar-refractivity contribution in [1.29, 1.82) is 0 Å². The molecule has 0 unspecified atom stereocenters. The van der Waals surface area contributed by atoms with Crippen LogP contribution in [-0.2, 0) is 0 Å². The molecule has 2 amide bonds. The zero-order valence-electron chi connectivity index (χ0n) is 16.8. The fourth-order valence-electron chi connectivity index (χ4n) is 2.65. The molecule has 2 N–H and O–H groups in total. The summed E-state index contributed by atoms with van der Waals surface area (Å²) in [6.07, 6.45) is 3.05. The van der Waals surface area contributed by atoms with Crippen LogP contribution >= 0.6 is 15.9 Å². The minimum absolute atomic E-state index is 0.237. The van der Waals surface area contributed by atoms with Crippen LogP contribution in [-0.4, -0.2) is 37.2 Å². The van der Waals surface area contributed by atoms with Gasteiger partial charge in [-0.2, -0.15) is 5.10 Å². The molecule has 1 heterocycles. The molecular formula is C22H19BrN4O4. The third kappa shape index (κ3) is 5.67. The average Bonchev–Trinajstić information content (AvgIpc) is 2.80. The van der Waals surface area contributed by atoms with Crippen LogP contribution in [0.25, 0.3) is 0 Å². The quantitative estimate of drug-likeness (QED) is 0.393. The lowest BCUT2D eigenvalue weighted by molar-refractivity contribution is 0.0956. The molecule has 1 aromatic heterocycles. The number of hydrazone groups is 1. The molecule has 0 fully saturated rings. The first-order valence-corrected chi connectivity index (χ1v) is 9.88. The van der Waals surface area contributed by atoms with Gasteiger partial charge in [0.2, 0.25) is 0 Å². The summed E-state index contributed by atoms with van der Waals surface area (Å²) in [7, 11) is 3.00. The maximum absolute atomic E-state index is 12.8. The summed E-state index contributed by atoms with van der Waals surface area (Å²) in [5, 5.41) is 6.67. The fourth-order valence-corrected chi connectivity index (χ4v) is 3.02. The number of halogens is 1. The highest BCUT2D eigenvalue weighted by molar-refractivity contribution is 9.10. The number of carbonyl (C=O) groups is 2. The predicted molar refractivity (Wildman–Crippen MR) is 121 cm³/mol. The van der Waals surface area contributed by atoms with Gasteiger partial charge in [0.25, 0.3) is 11.8 Å². The second-order valence-corrected chi connectivity index (χ2v) is 7.08. The molecule has 0 spiro atoms. The number of carbonyl (C=O) groups excluding carboxylic acids is 2. The summed E-state index contributed by atoms with van der Waals surface area (Å²) in [6.45, 7) is 0. The van der Waals surface area contributed by atoms with Gasteiger partial charge >= 0.3 is 0 Å². The van der Waals surface area contributed by atoms with Crippen molar-refractivity contribution in [1.82, 2.24) is 10.4 Å². The Hall–Kier alpha value is -3.72. The van der Waals surface area contributed by atoms with E-state index in [-0.39, 0.29) is 5.56 Å². The highest BCUT2D eigenvalue weighted by atomic mass is 79.9. The van der Waals surface area contributed by atoms with E-state index in [1.807, 2.05) is 6.07 Å². The number of ether oxygens (including phenoxy) is 2. The smallest absolute Gasteiger partial charge is 0.273 e. The third-order valence-corrected chi connectivity index (χ3v) is 4.66. The van der Waals surface area contributed by atoms with Gasteiger partial charge < -0.3 is 14.8 Å². The van der Waals surface area contributed by atoms with Crippen molar-refractivity contribution in [2.24, 2.45) is 5.10 Å². The number of benzene rings is 2. The van der Waals surface area contributed by atoms with E-state index in [1.165, 1.54) is 20.4 Å². The first kappa shape index (κ1) is 22.0. The van der Waals surface area contributed by atoms with Gasteiger partial charge in [0.15, 0.2) is 11.5 Å². The fraction of sp³-hybridized carbons (Fsp3) is 0.0909. The maximum atomic E-state index is 12.8. The summed E-state index contributed by atoms with van der Waals surface area (Å²) >= 11 is 3.34. The van der Waals surface area contributed by atoms with Crippen molar-refractivity contribution in [3.05, 3.63) is 82.1 Å². The molecular weight excluding hydrogens is 464 g/mol. The number of nitrogens with one attached hydrogen (secondary N) is 2. The Morgan fingerprint density at radius 3 is 2.52 bits per heavy atom. The van der Waals surface area contributed by atoms with Crippen molar-refractivity contribution < 1.29 is 19.1 Å². The number of hydrogen-bond acceptors (Lipinski definition) is 6. The van der Waals surface area contributed by atoms with E-state index in [9.17, 15) is 9.59 Å². The number of rotatable bonds is 7. The molecule has 31 heavy (non-hydrogen) atoms. The van der Waals surface area contributed by atoms with Crippen molar-refractivity contribution in [2.45, 2.75) is 0 Å². The van der Waals surface area contributed by atoms with E-state index in [0.717, 1.165) is 0 Å². The number of amides is 2. The summed E-state index contributed by atoms with van der Waals surface area (Å²) in [6, 6.07) is 15.1. The lowest BCUT2D eigenvalue weighted by atomic mass is 10.1. The zero-order chi connectivity index (χ0) is 22.2. The minimum Gasteiger partial charge on any atom is -0.493 e. The lowest BCUT2D eigenvalue weighted by Crippen LogP contribution is -2.21. The predicted octanol–water partition coefficient (Wildman–Crippen LogP) is 3.88. The Balaban J connectivity index is 1.78. The highest BCUT2D eigenvalue weighted by Gasteiger charge is 2.16. The lowest BCUT2D eigenvalue weighted by Gasteiger charge is -2.12. The normalized spacial score (nSPS) is 10.5.